The maximum Gasteiger partial charge on any atom is 0.163 e. The number of carbonyl (C=O) groups excluding carboxylic acids is 1. The molecule has 6 saturated carbocycles. The predicted molar refractivity (Wildman–Crippen MR) is 104 cm³/mol. The standard InChI is InChI=1S/C24H35NO/c26-21(23-9-3-18(15-23)4-10-23)13-20(22-7-1-17(14-22)2-8-22)25-24-11-5-19(16-24)6-12-24/h13,17-19,25H,1-12,14-16H2. The number of nitrogens with one attached hydrogen (secondary N) is 1. The van der Waals surface area contributed by atoms with Gasteiger partial charge in [-0.05, 0) is 114 Å². The molecular weight excluding hydrogens is 318 g/mol. The van der Waals surface area contributed by atoms with Crippen LogP contribution in [0.5, 0.6) is 0 Å². The quantitative estimate of drug-likeness (QED) is 0.659. The Morgan fingerprint density at radius 3 is 1.65 bits per heavy atom. The Balaban J connectivity index is 1.33. The van der Waals surface area contributed by atoms with Crippen LogP contribution in [0.4, 0.5) is 0 Å². The molecule has 6 rings (SSSR count). The largest absolute Gasteiger partial charge is 0.382 e. The van der Waals surface area contributed by atoms with Crippen LogP contribution in [0.1, 0.15) is 96.3 Å². The first-order chi connectivity index (χ1) is 12.6. The summed E-state index contributed by atoms with van der Waals surface area (Å²) < 4.78 is 0. The first-order valence-electron chi connectivity index (χ1n) is 11.6. The number of allylic oxidation sites excluding steroid dienone is 2. The highest BCUT2D eigenvalue weighted by Crippen LogP contribution is 2.60. The third-order valence-corrected chi connectivity index (χ3v) is 9.99. The van der Waals surface area contributed by atoms with Gasteiger partial charge in [-0.3, -0.25) is 4.79 Å². The lowest BCUT2D eigenvalue weighted by atomic mass is 9.75. The van der Waals surface area contributed by atoms with Crippen molar-refractivity contribution in [2.45, 2.75) is 102 Å². The molecule has 0 atom stereocenters. The number of carbonyl (C=O) groups is 1. The van der Waals surface area contributed by atoms with E-state index in [1.807, 2.05) is 0 Å². The van der Waals surface area contributed by atoms with E-state index in [1.54, 1.807) is 0 Å². The van der Waals surface area contributed by atoms with Gasteiger partial charge in [-0.15, -0.1) is 0 Å². The van der Waals surface area contributed by atoms with E-state index < -0.39 is 0 Å². The van der Waals surface area contributed by atoms with E-state index in [1.165, 1.54) is 102 Å². The van der Waals surface area contributed by atoms with Gasteiger partial charge in [0.2, 0.25) is 0 Å². The summed E-state index contributed by atoms with van der Waals surface area (Å²) in [5.74, 6) is 3.26. The van der Waals surface area contributed by atoms with Crippen LogP contribution in [0.2, 0.25) is 0 Å². The SMILES string of the molecule is O=C(C=C(NC12CCC(CC1)C2)C12CCC(CC1)C2)C12CCC(CC1)C2. The Kier molecular flexibility index (Phi) is 3.35. The van der Waals surface area contributed by atoms with Gasteiger partial charge in [0, 0.05) is 28.1 Å². The van der Waals surface area contributed by atoms with Crippen molar-refractivity contribution in [3.05, 3.63) is 11.8 Å². The van der Waals surface area contributed by atoms with Gasteiger partial charge in [0.05, 0.1) is 0 Å². The molecule has 0 aromatic heterocycles. The molecule has 0 heterocycles. The van der Waals surface area contributed by atoms with E-state index in [9.17, 15) is 4.79 Å². The summed E-state index contributed by atoms with van der Waals surface area (Å²) in [5, 5.41) is 4.13. The molecule has 1 N–H and O–H groups in total. The molecule has 0 spiro atoms. The van der Waals surface area contributed by atoms with Crippen LogP contribution in [0.25, 0.3) is 0 Å². The van der Waals surface area contributed by atoms with Gasteiger partial charge in [0.1, 0.15) is 0 Å². The van der Waals surface area contributed by atoms with E-state index in [4.69, 9.17) is 0 Å². The molecule has 0 aliphatic heterocycles. The molecule has 0 radical (unpaired) electrons. The number of fused-ring (bicyclic) bond motifs is 6. The lowest BCUT2D eigenvalue weighted by Gasteiger charge is -2.39. The summed E-state index contributed by atoms with van der Waals surface area (Å²) in [6.07, 6.45) is 22.0. The van der Waals surface area contributed by atoms with Crippen molar-refractivity contribution < 1.29 is 4.79 Å². The highest BCUT2D eigenvalue weighted by Gasteiger charge is 2.53. The first kappa shape index (κ1) is 16.2. The number of ketones is 1. The van der Waals surface area contributed by atoms with Crippen LogP contribution >= 0.6 is 0 Å². The molecule has 2 heteroatoms. The third kappa shape index (κ3) is 2.26. The summed E-state index contributed by atoms with van der Waals surface area (Å²) in [6.45, 7) is 0. The van der Waals surface area contributed by atoms with E-state index >= 15 is 0 Å². The Labute approximate surface area is 158 Å². The average molecular weight is 354 g/mol. The van der Waals surface area contributed by atoms with Gasteiger partial charge in [-0.25, -0.2) is 0 Å². The van der Waals surface area contributed by atoms with Crippen LogP contribution < -0.4 is 5.32 Å². The molecule has 0 aromatic rings. The summed E-state index contributed by atoms with van der Waals surface area (Å²) in [5.41, 5.74) is 2.13. The van der Waals surface area contributed by atoms with Gasteiger partial charge in [0.25, 0.3) is 0 Å². The smallest absolute Gasteiger partial charge is 0.163 e. The minimum atomic E-state index is 0.0381. The topological polar surface area (TPSA) is 29.1 Å². The van der Waals surface area contributed by atoms with E-state index in [2.05, 4.69) is 11.4 Å². The van der Waals surface area contributed by atoms with Crippen molar-refractivity contribution in [2.75, 3.05) is 0 Å². The predicted octanol–water partition coefficient (Wildman–Crippen LogP) is 5.52. The van der Waals surface area contributed by atoms with Gasteiger partial charge < -0.3 is 5.32 Å². The van der Waals surface area contributed by atoms with Crippen LogP contribution in [0, 0.1) is 28.6 Å². The highest BCUT2D eigenvalue weighted by atomic mass is 16.1. The Hall–Kier alpha value is -0.790. The van der Waals surface area contributed by atoms with Crippen LogP contribution in [0.15, 0.2) is 11.8 Å². The molecular formula is C24H35NO. The molecule has 0 unspecified atom stereocenters. The normalized spacial score (nSPS) is 51.5. The van der Waals surface area contributed by atoms with Crippen molar-refractivity contribution >= 4 is 5.78 Å². The van der Waals surface area contributed by atoms with Crippen molar-refractivity contribution in [2.24, 2.45) is 28.6 Å². The molecule has 6 bridgehead atoms. The molecule has 6 fully saturated rings. The van der Waals surface area contributed by atoms with Crippen LogP contribution in [-0.4, -0.2) is 11.3 Å². The maximum atomic E-state index is 13.5. The second-order valence-corrected chi connectivity index (χ2v) is 11.3. The van der Waals surface area contributed by atoms with Crippen molar-refractivity contribution in [1.82, 2.24) is 5.32 Å². The summed E-state index contributed by atoms with van der Waals surface area (Å²) in [6, 6.07) is 0. The van der Waals surface area contributed by atoms with Crippen molar-refractivity contribution in [1.29, 1.82) is 0 Å². The molecule has 0 aromatic carbocycles. The third-order valence-electron chi connectivity index (χ3n) is 9.99. The minimum Gasteiger partial charge on any atom is -0.382 e. The van der Waals surface area contributed by atoms with E-state index in [0.717, 1.165) is 17.8 Å². The van der Waals surface area contributed by atoms with Crippen molar-refractivity contribution in [3.63, 3.8) is 0 Å². The monoisotopic (exact) mass is 353 g/mol. The molecule has 142 valence electrons. The Morgan fingerprint density at radius 1 is 0.692 bits per heavy atom. The average Bonchev–Trinajstić information content (AvgIpc) is 3.49. The molecule has 0 saturated heterocycles. The van der Waals surface area contributed by atoms with Crippen molar-refractivity contribution in [3.8, 4) is 0 Å². The van der Waals surface area contributed by atoms with E-state index in [-0.39, 0.29) is 5.41 Å². The minimum absolute atomic E-state index is 0.0381. The van der Waals surface area contributed by atoms with Gasteiger partial charge in [-0.2, -0.15) is 0 Å². The van der Waals surface area contributed by atoms with Gasteiger partial charge in [0.15, 0.2) is 5.78 Å². The number of hydrogen-bond donors (Lipinski definition) is 1. The highest BCUT2D eigenvalue weighted by molar-refractivity contribution is 5.96. The molecule has 26 heavy (non-hydrogen) atoms. The second-order valence-electron chi connectivity index (χ2n) is 11.3. The second kappa shape index (κ2) is 5.39. The fourth-order valence-electron chi connectivity index (χ4n) is 8.37. The Bertz CT molecular complexity index is 637. The van der Waals surface area contributed by atoms with Gasteiger partial charge in [-0.1, -0.05) is 0 Å². The fourth-order valence-corrected chi connectivity index (χ4v) is 8.37. The summed E-state index contributed by atoms with van der Waals surface area (Å²) >= 11 is 0. The molecule has 6 aliphatic rings. The summed E-state index contributed by atoms with van der Waals surface area (Å²) in [4.78, 5) is 13.5. The lowest BCUT2D eigenvalue weighted by molar-refractivity contribution is -0.123. The van der Waals surface area contributed by atoms with Gasteiger partial charge >= 0.3 is 0 Å². The number of rotatable bonds is 5. The van der Waals surface area contributed by atoms with Crippen LogP contribution in [-0.2, 0) is 4.79 Å². The zero-order valence-electron chi connectivity index (χ0n) is 16.3. The first-order valence-corrected chi connectivity index (χ1v) is 11.6. The summed E-state index contributed by atoms with van der Waals surface area (Å²) in [7, 11) is 0. The molecule has 0 amide bonds. The lowest BCUT2D eigenvalue weighted by Crippen LogP contribution is -2.45. The fraction of sp³-hybridized carbons (Fsp3) is 0.875. The number of hydrogen-bond acceptors (Lipinski definition) is 2. The van der Waals surface area contributed by atoms with E-state index in [0.29, 0.717) is 16.7 Å². The zero-order valence-corrected chi connectivity index (χ0v) is 16.3. The Morgan fingerprint density at radius 2 is 1.19 bits per heavy atom. The van der Waals surface area contributed by atoms with Crippen LogP contribution in [0.3, 0.4) is 0 Å². The zero-order chi connectivity index (χ0) is 17.4. The maximum absolute atomic E-state index is 13.5. The molecule has 2 nitrogen and oxygen atoms in total. The molecule has 6 aliphatic carbocycles.